The van der Waals surface area contributed by atoms with E-state index in [4.69, 9.17) is 18.6 Å². The number of ether oxygens (including phenoxy) is 3. The van der Waals surface area contributed by atoms with Crippen molar-refractivity contribution in [2.24, 2.45) is 0 Å². The van der Waals surface area contributed by atoms with Gasteiger partial charge in [-0.3, -0.25) is 4.79 Å². The van der Waals surface area contributed by atoms with Gasteiger partial charge in [0.05, 0.1) is 21.3 Å². The van der Waals surface area contributed by atoms with Gasteiger partial charge < -0.3 is 23.7 Å². The van der Waals surface area contributed by atoms with Crippen LogP contribution in [0.5, 0.6) is 23.0 Å². The first-order valence-corrected chi connectivity index (χ1v) is 8.56. The Labute approximate surface area is 156 Å². The summed E-state index contributed by atoms with van der Waals surface area (Å²) in [5.74, 6) is 0.763. The molecule has 2 aromatic carbocycles. The van der Waals surface area contributed by atoms with Gasteiger partial charge in [-0.15, -0.1) is 6.58 Å². The third-order valence-electron chi connectivity index (χ3n) is 4.76. The molecule has 0 saturated carbocycles. The average molecular weight is 370 g/mol. The van der Waals surface area contributed by atoms with Crippen LogP contribution >= 0.6 is 0 Å². The van der Waals surface area contributed by atoms with E-state index in [0.29, 0.717) is 29.1 Å². The highest BCUT2D eigenvalue weighted by Crippen LogP contribution is 2.43. The van der Waals surface area contributed by atoms with Crippen LogP contribution in [0.4, 0.5) is 0 Å². The Morgan fingerprint density at radius 3 is 2.37 bits per heavy atom. The van der Waals surface area contributed by atoms with Crippen LogP contribution in [0.3, 0.4) is 0 Å². The molecule has 1 atom stereocenters. The lowest BCUT2D eigenvalue weighted by Gasteiger charge is -2.18. The number of phenolic OH excluding ortho intramolecular Hbond substituents is 1. The fraction of sp³-hybridized carbons (Fsp3) is 0.286. The highest BCUT2D eigenvalue weighted by molar-refractivity contribution is 5.98. The molecular weight excluding hydrogens is 348 g/mol. The van der Waals surface area contributed by atoms with Crippen molar-refractivity contribution in [1.29, 1.82) is 0 Å². The molecule has 0 radical (unpaired) electrons. The molecule has 0 amide bonds. The van der Waals surface area contributed by atoms with Gasteiger partial charge >= 0.3 is 0 Å². The molecule has 6 nitrogen and oxygen atoms in total. The molecule has 3 aromatic rings. The van der Waals surface area contributed by atoms with E-state index in [1.165, 1.54) is 21.3 Å². The first kappa shape index (κ1) is 18.6. The summed E-state index contributed by atoms with van der Waals surface area (Å²) in [5, 5.41) is 11.2. The van der Waals surface area contributed by atoms with Crippen LogP contribution in [0.25, 0.3) is 21.9 Å². The summed E-state index contributed by atoms with van der Waals surface area (Å²) >= 11 is 0. The number of allylic oxidation sites excluding steroid dienone is 1. The van der Waals surface area contributed by atoms with E-state index in [9.17, 15) is 9.90 Å². The molecule has 142 valence electrons. The second-order valence-corrected chi connectivity index (χ2v) is 6.07. The summed E-state index contributed by atoms with van der Waals surface area (Å²) in [5.41, 5.74) is 0.671. The van der Waals surface area contributed by atoms with Crippen molar-refractivity contribution in [2.45, 2.75) is 19.3 Å². The number of aromatic hydroxyl groups is 1. The molecule has 0 aliphatic carbocycles. The molecule has 1 N–H and O–H groups in total. The summed E-state index contributed by atoms with van der Waals surface area (Å²) < 4.78 is 22.0. The molecule has 3 rings (SSSR count). The molecule has 0 aliphatic heterocycles. The van der Waals surface area contributed by atoms with Gasteiger partial charge in [0, 0.05) is 17.5 Å². The van der Waals surface area contributed by atoms with Gasteiger partial charge in [0.2, 0.25) is 5.43 Å². The molecule has 0 bridgehead atoms. The summed E-state index contributed by atoms with van der Waals surface area (Å²) in [6.45, 7) is 5.79. The van der Waals surface area contributed by atoms with Crippen molar-refractivity contribution >= 4 is 21.9 Å². The topological polar surface area (TPSA) is 78.1 Å². The highest BCUT2D eigenvalue weighted by atomic mass is 16.5. The van der Waals surface area contributed by atoms with E-state index in [2.05, 4.69) is 6.58 Å². The lowest BCUT2D eigenvalue weighted by molar-refractivity contribution is 0.358. The zero-order valence-corrected chi connectivity index (χ0v) is 15.8. The molecule has 0 aliphatic rings. The lowest BCUT2D eigenvalue weighted by atomic mass is 9.92. The smallest absolute Gasteiger partial charge is 0.208 e. The fourth-order valence-corrected chi connectivity index (χ4v) is 3.41. The number of hydrogen-bond acceptors (Lipinski definition) is 6. The highest BCUT2D eigenvalue weighted by Gasteiger charge is 2.25. The third kappa shape index (κ3) is 2.77. The number of rotatable bonds is 6. The molecule has 0 spiro atoms. The summed E-state index contributed by atoms with van der Waals surface area (Å²) in [4.78, 5) is 13.3. The number of fused-ring (bicyclic) bond motifs is 2. The summed E-state index contributed by atoms with van der Waals surface area (Å²) in [7, 11) is 4.45. The largest absolute Gasteiger partial charge is 0.507 e. The van der Waals surface area contributed by atoms with Crippen LogP contribution in [0.1, 0.15) is 24.8 Å². The zero-order chi connectivity index (χ0) is 19.7. The monoisotopic (exact) mass is 370 g/mol. The Hall–Kier alpha value is -3.15. The molecule has 0 unspecified atom stereocenters. The standard InChI is InChI=1S/C21H22O6/c1-6-11(7-2)16-14(25-4)10-15-17(19(16)22)20(23)18-12(27-15)8-9-13(24-3)21(18)26-5/h6,8-11,22H,1,7H2,2-5H3/t11-/m1/s1. The van der Waals surface area contributed by atoms with E-state index in [1.54, 1.807) is 24.3 Å². The summed E-state index contributed by atoms with van der Waals surface area (Å²) in [6, 6.07) is 4.91. The summed E-state index contributed by atoms with van der Waals surface area (Å²) in [6.07, 6.45) is 2.41. The van der Waals surface area contributed by atoms with Gasteiger partial charge in [0.15, 0.2) is 11.5 Å². The molecule has 27 heavy (non-hydrogen) atoms. The minimum atomic E-state index is -0.401. The van der Waals surface area contributed by atoms with E-state index < -0.39 is 5.43 Å². The minimum Gasteiger partial charge on any atom is -0.507 e. The third-order valence-corrected chi connectivity index (χ3v) is 4.76. The van der Waals surface area contributed by atoms with E-state index in [1.807, 2.05) is 6.92 Å². The number of phenols is 1. The number of benzene rings is 2. The van der Waals surface area contributed by atoms with Crippen molar-refractivity contribution in [3.8, 4) is 23.0 Å². The normalized spacial score (nSPS) is 12.1. The first-order valence-electron chi connectivity index (χ1n) is 8.56. The Morgan fingerprint density at radius 1 is 1.11 bits per heavy atom. The van der Waals surface area contributed by atoms with Crippen LogP contribution in [0.15, 0.2) is 40.1 Å². The molecule has 0 fully saturated rings. The van der Waals surface area contributed by atoms with Crippen molar-refractivity contribution in [1.82, 2.24) is 0 Å². The van der Waals surface area contributed by atoms with Crippen molar-refractivity contribution in [3.05, 3.63) is 46.6 Å². The predicted molar refractivity (Wildman–Crippen MR) is 105 cm³/mol. The van der Waals surface area contributed by atoms with Gasteiger partial charge in [0.1, 0.15) is 33.4 Å². The van der Waals surface area contributed by atoms with Crippen LogP contribution in [-0.4, -0.2) is 26.4 Å². The van der Waals surface area contributed by atoms with Gasteiger partial charge in [-0.2, -0.15) is 0 Å². The van der Waals surface area contributed by atoms with Crippen LogP contribution < -0.4 is 19.6 Å². The molecule has 6 heteroatoms. The molecular formula is C21H22O6. The zero-order valence-electron chi connectivity index (χ0n) is 15.8. The van der Waals surface area contributed by atoms with Crippen molar-refractivity contribution in [3.63, 3.8) is 0 Å². The lowest BCUT2D eigenvalue weighted by Crippen LogP contribution is -2.08. The maximum Gasteiger partial charge on any atom is 0.208 e. The van der Waals surface area contributed by atoms with Crippen LogP contribution in [0.2, 0.25) is 0 Å². The number of methoxy groups -OCH3 is 3. The molecule has 0 saturated heterocycles. The van der Waals surface area contributed by atoms with Crippen molar-refractivity contribution in [2.75, 3.05) is 21.3 Å². The second-order valence-electron chi connectivity index (χ2n) is 6.07. The second kappa shape index (κ2) is 7.23. The average Bonchev–Trinajstić information content (AvgIpc) is 2.68. The van der Waals surface area contributed by atoms with Gasteiger partial charge in [-0.1, -0.05) is 13.0 Å². The Balaban J connectivity index is 2.53. The van der Waals surface area contributed by atoms with E-state index >= 15 is 0 Å². The maximum absolute atomic E-state index is 13.3. The predicted octanol–water partition coefficient (Wildman–Crippen LogP) is 4.36. The quantitative estimate of drug-likeness (QED) is 0.513. The SMILES string of the molecule is C=C[C@H](CC)c1c(OC)cc2oc3ccc(OC)c(OC)c3c(=O)c2c1O. The van der Waals surface area contributed by atoms with Gasteiger partial charge in [0.25, 0.3) is 0 Å². The van der Waals surface area contributed by atoms with Crippen LogP contribution in [0, 0.1) is 0 Å². The Kier molecular flexibility index (Phi) is 4.99. The fourth-order valence-electron chi connectivity index (χ4n) is 3.41. The van der Waals surface area contributed by atoms with E-state index in [0.717, 1.165) is 0 Å². The van der Waals surface area contributed by atoms with Gasteiger partial charge in [-0.25, -0.2) is 0 Å². The minimum absolute atomic E-state index is 0.0742. The van der Waals surface area contributed by atoms with Crippen LogP contribution in [-0.2, 0) is 0 Å². The Bertz CT molecular complexity index is 1080. The Morgan fingerprint density at radius 2 is 1.81 bits per heavy atom. The van der Waals surface area contributed by atoms with E-state index in [-0.39, 0.29) is 33.8 Å². The first-order chi connectivity index (χ1) is 13.0. The van der Waals surface area contributed by atoms with Gasteiger partial charge in [-0.05, 0) is 18.6 Å². The molecule has 1 aromatic heterocycles. The maximum atomic E-state index is 13.3. The molecule has 1 heterocycles. The van der Waals surface area contributed by atoms with Crippen molar-refractivity contribution < 1.29 is 23.7 Å². The number of hydrogen-bond donors (Lipinski definition) is 1.